The van der Waals surface area contributed by atoms with Gasteiger partial charge in [0.25, 0.3) is 5.91 Å². The highest BCUT2D eigenvalue weighted by molar-refractivity contribution is 6.07. The number of carbonyl (C=O) groups is 1. The predicted molar refractivity (Wildman–Crippen MR) is 116 cm³/mol. The molecule has 2 N–H and O–H groups in total. The van der Waals surface area contributed by atoms with E-state index in [-0.39, 0.29) is 12.5 Å². The van der Waals surface area contributed by atoms with E-state index in [1.165, 1.54) is 5.56 Å². The van der Waals surface area contributed by atoms with Gasteiger partial charge in [-0.2, -0.15) is 0 Å². The van der Waals surface area contributed by atoms with Gasteiger partial charge < -0.3 is 15.2 Å². The third kappa shape index (κ3) is 4.39. The molecule has 0 aromatic heterocycles. The summed E-state index contributed by atoms with van der Waals surface area (Å²) in [6, 6.07) is 21.6. The molecule has 3 aromatic rings. The molecule has 0 unspecified atom stereocenters. The Morgan fingerprint density at radius 2 is 1.72 bits per heavy atom. The molecule has 0 saturated carbocycles. The van der Waals surface area contributed by atoms with Crippen LogP contribution in [0.2, 0.25) is 0 Å². The van der Waals surface area contributed by atoms with Gasteiger partial charge in [-0.25, -0.2) is 0 Å². The highest BCUT2D eigenvalue weighted by atomic mass is 16.5. The summed E-state index contributed by atoms with van der Waals surface area (Å²) in [5.41, 5.74) is 6.53. The molecule has 4 rings (SSSR count). The molecule has 29 heavy (non-hydrogen) atoms. The predicted octanol–water partition coefficient (Wildman–Crippen LogP) is 4.96. The van der Waals surface area contributed by atoms with Crippen molar-refractivity contribution in [2.24, 2.45) is 0 Å². The standard InChI is InChI=1S/C25H23NO3/c1-17-2-6-19(7-3-17)20-8-11-24-22(14-20)15-21(12-13-29-24)25(28)26-23-9-4-18(16-27)5-10-23/h2-11,14-15,27H,12-13,16H2,1H3,(H,26,28). The van der Waals surface area contributed by atoms with Crippen LogP contribution in [0.5, 0.6) is 5.75 Å². The van der Waals surface area contributed by atoms with Gasteiger partial charge in [0.1, 0.15) is 5.75 Å². The van der Waals surface area contributed by atoms with Gasteiger partial charge in [-0.15, -0.1) is 0 Å². The summed E-state index contributed by atoms with van der Waals surface area (Å²) in [7, 11) is 0. The summed E-state index contributed by atoms with van der Waals surface area (Å²) in [5.74, 6) is 0.648. The second-order valence-corrected chi connectivity index (χ2v) is 7.20. The fourth-order valence-corrected chi connectivity index (χ4v) is 3.33. The van der Waals surface area contributed by atoms with E-state index in [0.717, 1.165) is 28.0 Å². The van der Waals surface area contributed by atoms with Gasteiger partial charge in [0.05, 0.1) is 13.2 Å². The largest absolute Gasteiger partial charge is 0.493 e. The zero-order valence-corrected chi connectivity index (χ0v) is 16.3. The maximum atomic E-state index is 12.8. The molecule has 4 nitrogen and oxygen atoms in total. The lowest BCUT2D eigenvalue weighted by atomic mass is 10.00. The van der Waals surface area contributed by atoms with Gasteiger partial charge in [0.2, 0.25) is 0 Å². The molecule has 0 bridgehead atoms. The van der Waals surface area contributed by atoms with Crippen LogP contribution in [-0.2, 0) is 11.4 Å². The number of aliphatic hydroxyl groups excluding tert-OH is 1. The minimum Gasteiger partial charge on any atom is -0.493 e. The molecule has 0 aliphatic carbocycles. The number of carbonyl (C=O) groups excluding carboxylic acids is 1. The zero-order chi connectivity index (χ0) is 20.2. The zero-order valence-electron chi connectivity index (χ0n) is 16.3. The number of benzene rings is 3. The van der Waals surface area contributed by atoms with Crippen molar-refractivity contribution in [3.8, 4) is 16.9 Å². The van der Waals surface area contributed by atoms with Crippen LogP contribution in [0, 0.1) is 6.92 Å². The van der Waals surface area contributed by atoms with Gasteiger partial charge in [-0.05, 0) is 54.0 Å². The van der Waals surface area contributed by atoms with E-state index in [4.69, 9.17) is 9.84 Å². The maximum absolute atomic E-state index is 12.8. The van der Waals surface area contributed by atoms with Crippen LogP contribution in [0.4, 0.5) is 5.69 Å². The van der Waals surface area contributed by atoms with Crippen LogP contribution in [-0.4, -0.2) is 17.6 Å². The number of aryl methyl sites for hydroxylation is 1. The third-order valence-electron chi connectivity index (χ3n) is 5.04. The van der Waals surface area contributed by atoms with Crippen molar-refractivity contribution in [3.63, 3.8) is 0 Å². The third-order valence-corrected chi connectivity index (χ3v) is 5.04. The van der Waals surface area contributed by atoms with Gasteiger partial charge >= 0.3 is 0 Å². The summed E-state index contributed by atoms with van der Waals surface area (Å²) in [4.78, 5) is 12.8. The Morgan fingerprint density at radius 1 is 1.00 bits per heavy atom. The van der Waals surface area contributed by atoms with Crippen LogP contribution in [0.15, 0.2) is 72.3 Å². The average Bonchev–Trinajstić information content (AvgIpc) is 2.97. The van der Waals surface area contributed by atoms with Crippen molar-refractivity contribution in [2.75, 3.05) is 11.9 Å². The Labute approximate surface area is 170 Å². The van der Waals surface area contributed by atoms with Crippen LogP contribution in [0.25, 0.3) is 17.2 Å². The summed E-state index contributed by atoms with van der Waals surface area (Å²) in [5, 5.41) is 12.1. The number of anilines is 1. The first-order valence-corrected chi connectivity index (χ1v) is 9.68. The highest BCUT2D eigenvalue weighted by Gasteiger charge is 2.16. The molecule has 1 aliphatic rings. The number of hydrogen-bond acceptors (Lipinski definition) is 3. The van der Waals surface area contributed by atoms with E-state index in [1.54, 1.807) is 24.3 Å². The van der Waals surface area contributed by atoms with Crippen molar-refractivity contribution < 1.29 is 14.6 Å². The molecule has 1 aliphatic heterocycles. The number of hydrogen-bond donors (Lipinski definition) is 2. The molecule has 3 aromatic carbocycles. The van der Waals surface area contributed by atoms with Gasteiger partial charge in [0.15, 0.2) is 0 Å². The Morgan fingerprint density at radius 3 is 2.45 bits per heavy atom. The molecule has 0 radical (unpaired) electrons. The molecule has 146 valence electrons. The Kier molecular flexibility index (Phi) is 5.45. The second-order valence-electron chi connectivity index (χ2n) is 7.20. The van der Waals surface area contributed by atoms with E-state index < -0.39 is 0 Å². The van der Waals surface area contributed by atoms with Gasteiger partial charge in [-0.1, -0.05) is 48.0 Å². The van der Waals surface area contributed by atoms with Gasteiger partial charge in [0, 0.05) is 23.2 Å². The average molecular weight is 385 g/mol. The highest BCUT2D eigenvalue weighted by Crippen LogP contribution is 2.31. The molecular formula is C25H23NO3. The first-order valence-electron chi connectivity index (χ1n) is 9.68. The Hall–Kier alpha value is -3.37. The molecule has 0 fully saturated rings. The van der Waals surface area contributed by atoms with E-state index in [0.29, 0.717) is 24.3 Å². The molecule has 0 spiro atoms. The maximum Gasteiger partial charge on any atom is 0.251 e. The monoisotopic (exact) mass is 385 g/mol. The molecular weight excluding hydrogens is 362 g/mol. The number of amides is 1. The molecule has 1 amide bonds. The molecule has 0 saturated heterocycles. The molecule has 0 atom stereocenters. The first-order chi connectivity index (χ1) is 14.1. The van der Waals surface area contributed by atoms with Crippen molar-refractivity contribution in [2.45, 2.75) is 20.0 Å². The second kappa shape index (κ2) is 8.33. The fourth-order valence-electron chi connectivity index (χ4n) is 3.33. The first kappa shape index (κ1) is 19.0. The number of nitrogens with one attached hydrogen (secondary N) is 1. The van der Waals surface area contributed by atoms with Crippen molar-refractivity contribution >= 4 is 17.7 Å². The number of rotatable bonds is 4. The minimum atomic E-state index is -0.140. The summed E-state index contributed by atoms with van der Waals surface area (Å²) >= 11 is 0. The quantitative estimate of drug-likeness (QED) is 0.667. The van der Waals surface area contributed by atoms with Crippen molar-refractivity contribution in [1.82, 2.24) is 0 Å². The van der Waals surface area contributed by atoms with Crippen LogP contribution in [0.1, 0.15) is 23.1 Å². The molecule has 1 heterocycles. The van der Waals surface area contributed by atoms with Crippen LogP contribution < -0.4 is 10.1 Å². The van der Waals surface area contributed by atoms with Crippen molar-refractivity contribution in [1.29, 1.82) is 0 Å². The Bertz CT molecular complexity index is 1050. The van der Waals surface area contributed by atoms with Crippen LogP contribution >= 0.6 is 0 Å². The fraction of sp³-hybridized carbons (Fsp3) is 0.160. The summed E-state index contributed by atoms with van der Waals surface area (Å²) < 4.78 is 5.86. The molecule has 4 heteroatoms. The minimum absolute atomic E-state index is 0.0170. The summed E-state index contributed by atoms with van der Waals surface area (Å²) in [6.45, 7) is 2.51. The van der Waals surface area contributed by atoms with Crippen LogP contribution in [0.3, 0.4) is 0 Å². The SMILES string of the molecule is Cc1ccc(-c2ccc3c(c2)C=C(C(=O)Nc2ccc(CO)cc2)CCO3)cc1. The van der Waals surface area contributed by atoms with E-state index >= 15 is 0 Å². The van der Waals surface area contributed by atoms with Crippen molar-refractivity contribution in [3.05, 3.63) is 89.0 Å². The van der Waals surface area contributed by atoms with Gasteiger partial charge in [-0.3, -0.25) is 4.79 Å². The van der Waals surface area contributed by atoms with E-state index in [1.807, 2.05) is 18.2 Å². The topological polar surface area (TPSA) is 58.6 Å². The van der Waals surface area contributed by atoms with E-state index in [9.17, 15) is 4.79 Å². The van der Waals surface area contributed by atoms with E-state index in [2.05, 4.69) is 42.6 Å². The lowest BCUT2D eigenvalue weighted by Gasteiger charge is -2.09. The smallest absolute Gasteiger partial charge is 0.251 e. The Balaban J connectivity index is 1.60. The number of aliphatic hydroxyl groups is 1. The number of ether oxygens (including phenoxy) is 1. The summed E-state index contributed by atoms with van der Waals surface area (Å²) in [6.07, 6.45) is 2.45. The normalized spacial score (nSPS) is 13.0. The lowest BCUT2D eigenvalue weighted by molar-refractivity contribution is -0.113. The number of fused-ring (bicyclic) bond motifs is 1. The lowest BCUT2D eigenvalue weighted by Crippen LogP contribution is -2.15.